The van der Waals surface area contributed by atoms with E-state index in [1.54, 1.807) is 0 Å². The van der Waals surface area contributed by atoms with Gasteiger partial charge in [-0.25, -0.2) is 0 Å². The molecule has 1 saturated carbocycles. The fourth-order valence-corrected chi connectivity index (χ4v) is 3.97. The summed E-state index contributed by atoms with van der Waals surface area (Å²) in [6.45, 7) is 6.69. The summed E-state index contributed by atoms with van der Waals surface area (Å²) >= 11 is 0. The molecule has 0 amide bonds. The molecule has 98 valence electrons. The van der Waals surface area contributed by atoms with Crippen molar-refractivity contribution < 1.29 is 0 Å². The average molecular weight is 236 g/mol. The zero-order valence-corrected chi connectivity index (χ0v) is 11.2. The number of hydrogen-bond donors (Lipinski definition) is 1. The van der Waals surface area contributed by atoms with Gasteiger partial charge in [-0.3, -0.25) is 0 Å². The van der Waals surface area contributed by atoms with Crippen LogP contribution in [0.25, 0.3) is 0 Å². The van der Waals surface area contributed by atoms with Crippen molar-refractivity contribution in [2.45, 2.75) is 51.4 Å². The Morgan fingerprint density at radius 2 is 1.65 bits per heavy atom. The second-order valence-corrected chi connectivity index (χ2v) is 6.72. The van der Waals surface area contributed by atoms with Gasteiger partial charge >= 0.3 is 0 Å². The van der Waals surface area contributed by atoms with E-state index in [2.05, 4.69) is 10.2 Å². The maximum Gasteiger partial charge on any atom is -0.000778 e. The highest BCUT2D eigenvalue weighted by Crippen LogP contribution is 2.44. The maximum atomic E-state index is 3.38. The third kappa shape index (κ3) is 2.85. The molecule has 0 radical (unpaired) electrons. The Morgan fingerprint density at radius 1 is 0.941 bits per heavy atom. The molecule has 1 aliphatic carbocycles. The molecule has 17 heavy (non-hydrogen) atoms. The van der Waals surface area contributed by atoms with Gasteiger partial charge < -0.3 is 10.2 Å². The van der Waals surface area contributed by atoms with Crippen LogP contribution in [0.3, 0.4) is 0 Å². The van der Waals surface area contributed by atoms with E-state index in [0.29, 0.717) is 0 Å². The van der Waals surface area contributed by atoms with Gasteiger partial charge in [0.25, 0.3) is 0 Å². The van der Waals surface area contributed by atoms with E-state index < -0.39 is 0 Å². The number of rotatable bonds is 3. The molecule has 0 atom stereocenters. The van der Waals surface area contributed by atoms with Gasteiger partial charge in [0, 0.05) is 0 Å². The van der Waals surface area contributed by atoms with Crippen LogP contribution in [0, 0.1) is 11.3 Å². The third-order valence-corrected chi connectivity index (χ3v) is 5.55. The first-order chi connectivity index (χ1) is 8.36. The lowest BCUT2D eigenvalue weighted by Gasteiger charge is -2.44. The van der Waals surface area contributed by atoms with Gasteiger partial charge in [0.2, 0.25) is 0 Å². The zero-order valence-electron chi connectivity index (χ0n) is 11.2. The molecule has 3 fully saturated rings. The predicted octanol–water partition coefficient (Wildman–Crippen LogP) is 2.64. The van der Waals surface area contributed by atoms with Crippen LogP contribution in [0.1, 0.15) is 51.4 Å². The molecule has 1 spiro atoms. The molecule has 2 nitrogen and oxygen atoms in total. The molecule has 2 saturated heterocycles. The van der Waals surface area contributed by atoms with Crippen LogP contribution in [-0.2, 0) is 0 Å². The number of likely N-dealkylation sites (tertiary alicyclic amines) is 1. The Kier molecular flexibility index (Phi) is 3.72. The van der Waals surface area contributed by atoms with Gasteiger partial charge in [-0.1, -0.05) is 19.3 Å². The molecule has 0 unspecified atom stereocenters. The minimum atomic E-state index is 0.784. The van der Waals surface area contributed by atoms with E-state index in [4.69, 9.17) is 0 Å². The van der Waals surface area contributed by atoms with E-state index in [1.165, 1.54) is 84.1 Å². The largest absolute Gasteiger partial charge is 0.316 e. The molecule has 2 aliphatic heterocycles. The van der Waals surface area contributed by atoms with Gasteiger partial charge in [0.1, 0.15) is 0 Å². The number of nitrogens with one attached hydrogen (secondary N) is 1. The molecule has 3 aliphatic rings. The molecule has 2 heteroatoms. The standard InChI is InChI=1S/C15H28N2/c1-2-5-15(6-3-1)7-10-17(11-8-15)9-4-14-12-16-13-14/h14,16H,1-13H2. The second kappa shape index (κ2) is 5.27. The zero-order chi connectivity index (χ0) is 11.6. The summed E-state index contributed by atoms with van der Waals surface area (Å²) in [5.74, 6) is 0.987. The molecule has 0 bridgehead atoms. The van der Waals surface area contributed by atoms with E-state index in [9.17, 15) is 0 Å². The molecular weight excluding hydrogens is 208 g/mol. The van der Waals surface area contributed by atoms with Crippen LogP contribution in [0.5, 0.6) is 0 Å². The summed E-state index contributed by atoms with van der Waals surface area (Å²) in [6, 6.07) is 0. The van der Waals surface area contributed by atoms with Crippen molar-refractivity contribution in [2.75, 3.05) is 32.7 Å². The van der Waals surface area contributed by atoms with Crippen LogP contribution in [0.15, 0.2) is 0 Å². The van der Waals surface area contributed by atoms with E-state index in [1.807, 2.05) is 0 Å². The van der Waals surface area contributed by atoms with Gasteiger partial charge in [-0.05, 0) is 76.2 Å². The van der Waals surface area contributed by atoms with Crippen molar-refractivity contribution in [3.63, 3.8) is 0 Å². The van der Waals surface area contributed by atoms with Crippen LogP contribution in [-0.4, -0.2) is 37.6 Å². The minimum Gasteiger partial charge on any atom is -0.316 e. The van der Waals surface area contributed by atoms with Crippen LogP contribution >= 0.6 is 0 Å². The van der Waals surface area contributed by atoms with Gasteiger partial charge in [-0.2, -0.15) is 0 Å². The van der Waals surface area contributed by atoms with E-state index >= 15 is 0 Å². The third-order valence-electron chi connectivity index (χ3n) is 5.55. The summed E-state index contributed by atoms with van der Waals surface area (Å²) in [5, 5.41) is 3.38. The smallest absolute Gasteiger partial charge is 0.000778 e. The summed E-state index contributed by atoms with van der Waals surface area (Å²) < 4.78 is 0. The van der Waals surface area contributed by atoms with Crippen LogP contribution in [0.2, 0.25) is 0 Å². The first kappa shape index (κ1) is 12.0. The average Bonchev–Trinajstić information content (AvgIpc) is 2.31. The fraction of sp³-hybridized carbons (Fsp3) is 1.00. The topological polar surface area (TPSA) is 15.3 Å². The SMILES string of the molecule is C1CCC2(CC1)CCN(CCC1CNC1)CC2. The van der Waals surface area contributed by atoms with Gasteiger partial charge in [0.05, 0.1) is 0 Å². The molecule has 0 aromatic rings. The van der Waals surface area contributed by atoms with Crippen molar-refractivity contribution >= 4 is 0 Å². The Morgan fingerprint density at radius 3 is 2.24 bits per heavy atom. The summed E-state index contributed by atoms with van der Waals surface area (Å²) in [7, 11) is 0. The lowest BCUT2D eigenvalue weighted by molar-refractivity contribution is 0.0634. The first-order valence-corrected chi connectivity index (χ1v) is 7.79. The van der Waals surface area contributed by atoms with Crippen molar-refractivity contribution in [3.8, 4) is 0 Å². The highest BCUT2D eigenvalue weighted by Gasteiger charge is 2.35. The first-order valence-electron chi connectivity index (χ1n) is 7.79. The summed E-state index contributed by atoms with van der Waals surface area (Å²) in [4.78, 5) is 2.73. The Hall–Kier alpha value is -0.0800. The number of nitrogens with zero attached hydrogens (tertiary/aromatic N) is 1. The fourth-order valence-electron chi connectivity index (χ4n) is 3.97. The number of hydrogen-bond acceptors (Lipinski definition) is 2. The Labute approximate surface area is 106 Å². The van der Waals surface area contributed by atoms with Crippen molar-refractivity contribution in [2.24, 2.45) is 11.3 Å². The lowest BCUT2D eigenvalue weighted by atomic mass is 9.68. The number of piperidine rings is 1. The highest BCUT2D eigenvalue weighted by molar-refractivity contribution is 4.88. The monoisotopic (exact) mass is 236 g/mol. The van der Waals surface area contributed by atoms with Crippen LogP contribution < -0.4 is 5.32 Å². The van der Waals surface area contributed by atoms with Crippen molar-refractivity contribution in [3.05, 3.63) is 0 Å². The Balaban J connectivity index is 1.40. The van der Waals surface area contributed by atoms with Gasteiger partial charge in [0.15, 0.2) is 0 Å². The molecule has 2 heterocycles. The second-order valence-electron chi connectivity index (χ2n) is 6.72. The van der Waals surface area contributed by atoms with Crippen LogP contribution in [0.4, 0.5) is 0 Å². The molecule has 0 aromatic carbocycles. The van der Waals surface area contributed by atoms with E-state index in [-0.39, 0.29) is 0 Å². The summed E-state index contributed by atoms with van der Waals surface area (Å²) in [6.07, 6.45) is 12.0. The quantitative estimate of drug-likeness (QED) is 0.810. The van der Waals surface area contributed by atoms with Crippen molar-refractivity contribution in [1.82, 2.24) is 10.2 Å². The Bertz CT molecular complexity index is 231. The highest BCUT2D eigenvalue weighted by atomic mass is 15.1. The molecule has 1 N–H and O–H groups in total. The molecular formula is C15H28N2. The predicted molar refractivity (Wildman–Crippen MR) is 72.2 cm³/mol. The minimum absolute atomic E-state index is 0.784. The molecule has 3 rings (SSSR count). The maximum absolute atomic E-state index is 3.38. The van der Waals surface area contributed by atoms with Gasteiger partial charge in [-0.15, -0.1) is 0 Å². The lowest BCUT2D eigenvalue weighted by Crippen LogP contribution is -2.46. The van der Waals surface area contributed by atoms with Crippen molar-refractivity contribution in [1.29, 1.82) is 0 Å². The molecule has 0 aromatic heterocycles. The summed E-state index contributed by atoms with van der Waals surface area (Å²) in [5.41, 5.74) is 0.784. The normalized spacial score (nSPS) is 30.4. The van der Waals surface area contributed by atoms with E-state index in [0.717, 1.165) is 11.3 Å².